The number of allylic oxidation sites excluding steroid dienone is 3. The number of aliphatic imine (C=N–C) groups is 1. The Labute approximate surface area is 196 Å². The van der Waals surface area contributed by atoms with E-state index < -0.39 is 11.8 Å². The fourth-order valence-electron chi connectivity index (χ4n) is 7.32. The van der Waals surface area contributed by atoms with Gasteiger partial charge in [0.2, 0.25) is 0 Å². The van der Waals surface area contributed by atoms with E-state index in [2.05, 4.69) is 46.9 Å². The summed E-state index contributed by atoms with van der Waals surface area (Å²) in [5.41, 5.74) is 6.48. The molecule has 6 aliphatic rings. The molecule has 4 aliphatic heterocycles. The lowest BCUT2D eigenvalue weighted by Crippen LogP contribution is -2.67. The number of rotatable bonds is 1. The summed E-state index contributed by atoms with van der Waals surface area (Å²) >= 11 is 0. The van der Waals surface area contributed by atoms with E-state index >= 15 is 0 Å². The molecule has 1 saturated heterocycles. The molecule has 7 heteroatoms. The maximum atomic E-state index is 13.3. The first-order chi connectivity index (χ1) is 16.5. The second kappa shape index (κ2) is 5.93. The van der Waals surface area contributed by atoms with Gasteiger partial charge in [0.05, 0.1) is 23.7 Å². The summed E-state index contributed by atoms with van der Waals surface area (Å²) in [5, 5.41) is 2.99. The smallest absolute Gasteiger partial charge is 0.253 e. The van der Waals surface area contributed by atoms with Crippen LogP contribution in [-0.2, 0) is 16.0 Å². The van der Waals surface area contributed by atoms with Crippen molar-refractivity contribution in [2.24, 2.45) is 10.8 Å². The van der Waals surface area contributed by atoms with Crippen LogP contribution < -0.4 is 21.0 Å². The Balaban J connectivity index is 1.68. The summed E-state index contributed by atoms with van der Waals surface area (Å²) in [6.07, 6.45) is 16.0. The molecule has 0 saturated carbocycles. The number of quaternary nitrogens is 1. The molecule has 8 rings (SSSR count). The van der Waals surface area contributed by atoms with Crippen LogP contribution in [-0.4, -0.2) is 41.6 Å². The number of nitrogens with two attached hydrogens (primary N) is 1. The lowest BCUT2D eigenvalue weighted by molar-refractivity contribution is -0.146. The largest absolute Gasteiger partial charge is 0.354 e. The van der Waals surface area contributed by atoms with E-state index in [1.807, 2.05) is 12.4 Å². The predicted octanol–water partition coefficient (Wildman–Crippen LogP) is 2.13. The Bertz CT molecular complexity index is 1640. The highest BCUT2D eigenvalue weighted by molar-refractivity contribution is 6.18. The van der Waals surface area contributed by atoms with Crippen molar-refractivity contribution in [3.63, 3.8) is 0 Å². The molecule has 170 valence electrons. The van der Waals surface area contributed by atoms with Crippen LogP contribution in [0.2, 0.25) is 0 Å². The van der Waals surface area contributed by atoms with Gasteiger partial charge in [0, 0.05) is 59.6 Å². The number of methoxy groups -OCH3 is 1. The number of hydrogen-bond acceptors (Lipinski definition) is 5. The molecule has 34 heavy (non-hydrogen) atoms. The average Bonchev–Trinajstić information content (AvgIpc) is 3.46. The highest BCUT2D eigenvalue weighted by Crippen LogP contribution is 2.56. The summed E-state index contributed by atoms with van der Waals surface area (Å²) in [7, 11) is 1.72. The number of nitrogens with zero attached hydrogens (tertiary/aromatic N) is 3. The van der Waals surface area contributed by atoms with Gasteiger partial charge in [0.25, 0.3) is 6.23 Å². The molecule has 0 unspecified atom stereocenters. The van der Waals surface area contributed by atoms with Crippen LogP contribution in [0.25, 0.3) is 28.8 Å². The molecule has 1 aromatic carbocycles. The molecule has 7 nitrogen and oxygen atoms in total. The van der Waals surface area contributed by atoms with Gasteiger partial charge in [-0.2, -0.15) is 10.4 Å². The van der Waals surface area contributed by atoms with Crippen molar-refractivity contribution in [2.45, 2.75) is 50.7 Å². The van der Waals surface area contributed by atoms with Crippen LogP contribution in [0.5, 0.6) is 0 Å². The first-order valence-corrected chi connectivity index (χ1v) is 11.9. The third-order valence-electron chi connectivity index (χ3n) is 8.48. The van der Waals surface area contributed by atoms with Gasteiger partial charge in [0.1, 0.15) is 11.2 Å². The minimum absolute atomic E-state index is 0.0253. The van der Waals surface area contributed by atoms with Gasteiger partial charge in [-0.1, -0.05) is 18.2 Å². The molecule has 5 heterocycles. The number of carbonyl (C=O) groups is 1. The highest BCUT2D eigenvalue weighted by Gasteiger charge is 2.62. The summed E-state index contributed by atoms with van der Waals surface area (Å²) in [6, 6.07) is 0. The van der Waals surface area contributed by atoms with Gasteiger partial charge in [0.15, 0.2) is 17.1 Å². The van der Waals surface area contributed by atoms with Crippen LogP contribution >= 0.6 is 0 Å². The molecule has 0 spiro atoms. The molecular weight excluding hydrogens is 428 g/mol. The predicted molar refractivity (Wildman–Crippen MR) is 131 cm³/mol. The summed E-state index contributed by atoms with van der Waals surface area (Å²) < 4.78 is 15.2. The van der Waals surface area contributed by atoms with Gasteiger partial charge in [-0.05, 0) is 25.5 Å². The zero-order chi connectivity index (χ0) is 23.0. The number of ether oxygens (including phenoxy) is 2. The van der Waals surface area contributed by atoms with Crippen LogP contribution in [0.4, 0.5) is 5.69 Å². The second-order valence-electron chi connectivity index (χ2n) is 10.3. The van der Waals surface area contributed by atoms with Crippen molar-refractivity contribution < 1.29 is 14.3 Å². The molecule has 2 aliphatic carbocycles. The van der Waals surface area contributed by atoms with Crippen LogP contribution in [0.1, 0.15) is 47.7 Å². The number of aromatic nitrogens is 1. The molecule has 1 aromatic heterocycles. The fraction of sp³-hybridized carbons (Fsp3) is 0.333. The summed E-state index contributed by atoms with van der Waals surface area (Å²) in [4.78, 5) is 17.9. The number of benzene rings is 1. The molecule has 1 fully saturated rings. The van der Waals surface area contributed by atoms with Crippen LogP contribution in [0.15, 0.2) is 35.0 Å². The summed E-state index contributed by atoms with van der Waals surface area (Å²) in [6.45, 7) is 2.70. The van der Waals surface area contributed by atoms with Crippen LogP contribution in [0, 0.1) is 0 Å². The van der Waals surface area contributed by atoms with E-state index in [9.17, 15) is 4.79 Å². The quantitative estimate of drug-likeness (QED) is 0.408. The first kappa shape index (κ1) is 19.2. The number of fused-ring (bicyclic) bond motifs is 9. The maximum absolute atomic E-state index is 13.3. The molecular formula is C27H25N4O3+. The third-order valence-corrected chi connectivity index (χ3v) is 8.48. The standard InChI is InChI=1S/C27H25N4O3/c1-27-9-4-10-30-18-5-3-6-20(32)23(18)22-17-13-29-12-16(17)21-15-8-7-14(34-27)11-19(15)31(28,26(27)33-2)25(21)24(22)30/h4-5,7-9,12-14,26H,3,6,10-11,28H2,1-2H3/q+1/b9-4-/t14-,26+,27-,31+/m0/s1. The fourth-order valence-corrected chi connectivity index (χ4v) is 7.32. The van der Waals surface area contributed by atoms with Gasteiger partial charge < -0.3 is 14.0 Å². The Hall–Kier alpha value is -3.10. The number of ketones is 1. The van der Waals surface area contributed by atoms with Crippen LogP contribution in [0.3, 0.4) is 0 Å². The zero-order valence-electron chi connectivity index (χ0n) is 19.2. The normalized spacial score (nSPS) is 34.5. The van der Waals surface area contributed by atoms with Gasteiger partial charge in [-0.3, -0.25) is 9.79 Å². The van der Waals surface area contributed by atoms with E-state index in [1.165, 1.54) is 0 Å². The van der Waals surface area contributed by atoms with Crippen molar-refractivity contribution in [1.82, 2.24) is 9.16 Å². The lowest BCUT2D eigenvalue weighted by Gasteiger charge is -2.42. The van der Waals surface area contributed by atoms with E-state index in [0.29, 0.717) is 19.4 Å². The SMILES string of the molecule is CO[C@@H]1[C@]2(C)/C=C\Cn3c4c(c5c6c(c7c(c53)[N@+]1(N)C1=C7C=C[C@@H](C1)O2)C=NC=6)C(=O)CCC=4. The maximum Gasteiger partial charge on any atom is 0.253 e. The van der Waals surface area contributed by atoms with Gasteiger partial charge >= 0.3 is 0 Å². The minimum atomic E-state index is -0.744. The summed E-state index contributed by atoms with van der Waals surface area (Å²) in [5.74, 6) is 7.75. The Morgan fingerprint density at radius 1 is 1.35 bits per heavy atom. The van der Waals surface area contributed by atoms with Crippen molar-refractivity contribution >= 4 is 46.4 Å². The monoisotopic (exact) mass is 453 g/mol. The van der Waals surface area contributed by atoms with E-state index in [0.717, 1.165) is 61.5 Å². The molecule has 4 atom stereocenters. The van der Waals surface area contributed by atoms with Crippen molar-refractivity contribution in [2.75, 3.05) is 7.11 Å². The van der Waals surface area contributed by atoms with Gasteiger partial charge in [-0.25, -0.2) is 0 Å². The second-order valence-corrected chi connectivity index (χ2v) is 10.3. The zero-order valence-corrected chi connectivity index (χ0v) is 19.2. The number of carbonyl (C=O) groups excluding carboxylic acids is 1. The Kier molecular flexibility index (Phi) is 3.35. The van der Waals surface area contributed by atoms with E-state index in [4.69, 9.17) is 15.3 Å². The topological polar surface area (TPSA) is 78.8 Å². The first-order valence-electron chi connectivity index (χ1n) is 11.9. The number of Topliss-reactive ketones (excluding diaryl/α,β-unsaturated/α-hetero) is 1. The highest BCUT2D eigenvalue weighted by atomic mass is 16.6. The number of hydrogen-bond donors (Lipinski definition) is 1. The molecule has 2 aromatic rings. The molecule has 4 bridgehead atoms. The Morgan fingerprint density at radius 2 is 2.24 bits per heavy atom. The minimum Gasteiger partial charge on any atom is -0.354 e. The molecule has 0 amide bonds. The van der Waals surface area contributed by atoms with Crippen molar-refractivity contribution in [1.29, 1.82) is 0 Å². The van der Waals surface area contributed by atoms with Crippen molar-refractivity contribution in [3.8, 4) is 0 Å². The third kappa shape index (κ3) is 1.93. The average molecular weight is 454 g/mol. The molecule has 2 N–H and O–H groups in total. The van der Waals surface area contributed by atoms with E-state index in [1.54, 1.807) is 7.11 Å². The van der Waals surface area contributed by atoms with Gasteiger partial charge in [-0.15, -0.1) is 0 Å². The van der Waals surface area contributed by atoms with E-state index in [-0.39, 0.29) is 16.5 Å². The van der Waals surface area contributed by atoms with Crippen molar-refractivity contribution in [3.05, 3.63) is 57.3 Å². The molecule has 0 radical (unpaired) electrons. The Morgan fingerprint density at radius 3 is 3.09 bits per heavy atom. The lowest BCUT2D eigenvalue weighted by atomic mass is 9.90.